The number of esters is 1. The molecule has 11 heteroatoms. The van der Waals surface area contributed by atoms with Gasteiger partial charge in [0, 0.05) is 25.2 Å². The van der Waals surface area contributed by atoms with Crippen LogP contribution >= 0.6 is 11.3 Å². The number of sulfonamides is 1. The zero-order valence-corrected chi connectivity index (χ0v) is 18.7. The van der Waals surface area contributed by atoms with Gasteiger partial charge in [-0.05, 0) is 48.6 Å². The van der Waals surface area contributed by atoms with Gasteiger partial charge in [0.25, 0.3) is 5.56 Å². The third-order valence-electron chi connectivity index (χ3n) is 5.25. The van der Waals surface area contributed by atoms with Crippen molar-refractivity contribution >= 4 is 43.3 Å². The monoisotopic (exact) mass is 475 g/mol. The molecule has 0 amide bonds. The predicted molar refractivity (Wildman–Crippen MR) is 118 cm³/mol. The minimum absolute atomic E-state index is 0.0858. The summed E-state index contributed by atoms with van der Waals surface area (Å²) in [5.74, 6) is -1.06. The van der Waals surface area contributed by atoms with Crippen LogP contribution in [0.4, 0.5) is 0 Å². The van der Waals surface area contributed by atoms with E-state index >= 15 is 0 Å². The fourth-order valence-corrected chi connectivity index (χ4v) is 5.70. The van der Waals surface area contributed by atoms with Gasteiger partial charge in [0.15, 0.2) is 12.4 Å². The van der Waals surface area contributed by atoms with Crippen molar-refractivity contribution in [2.45, 2.75) is 30.7 Å². The van der Waals surface area contributed by atoms with Gasteiger partial charge in [-0.2, -0.15) is 4.31 Å². The van der Waals surface area contributed by atoms with E-state index in [1.807, 2.05) is 0 Å². The van der Waals surface area contributed by atoms with Gasteiger partial charge in [0.2, 0.25) is 10.0 Å². The second-order valence-corrected chi connectivity index (χ2v) is 10.2. The summed E-state index contributed by atoms with van der Waals surface area (Å²) >= 11 is 1.36. The fourth-order valence-electron chi connectivity index (χ4n) is 3.46. The molecule has 0 spiro atoms. The van der Waals surface area contributed by atoms with Crippen molar-refractivity contribution in [3.05, 3.63) is 58.0 Å². The lowest BCUT2D eigenvalue weighted by Gasteiger charge is -2.15. The number of aromatic nitrogens is 2. The number of ether oxygens (including phenoxy) is 1. The number of hydrogen-bond acceptors (Lipinski definition) is 8. The van der Waals surface area contributed by atoms with Crippen molar-refractivity contribution in [3.63, 3.8) is 0 Å². The average Bonchev–Trinajstić information content (AvgIpc) is 3.50. The van der Waals surface area contributed by atoms with Crippen molar-refractivity contribution in [3.8, 4) is 0 Å². The summed E-state index contributed by atoms with van der Waals surface area (Å²) in [5, 5.41) is 2.27. The molecule has 4 rings (SSSR count). The Hall–Kier alpha value is -2.89. The summed E-state index contributed by atoms with van der Waals surface area (Å²) in [7, 11) is -3.55. The summed E-state index contributed by atoms with van der Waals surface area (Å²) in [4.78, 5) is 41.6. The largest absolute Gasteiger partial charge is 0.457 e. The number of hydrogen-bond donors (Lipinski definition) is 0. The summed E-state index contributed by atoms with van der Waals surface area (Å²) in [6.07, 6.45) is 2.98. The minimum atomic E-state index is -3.55. The Kier molecular flexibility index (Phi) is 6.49. The van der Waals surface area contributed by atoms with Crippen molar-refractivity contribution < 1.29 is 22.7 Å². The van der Waals surface area contributed by atoms with Crippen molar-refractivity contribution in [1.29, 1.82) is 0 Å². The van der Waals surface area contributed by atoms with Crippen molar-refractivity contribution in [1.82, 2.24) is 13.9 Å². The van der Waals surface area contributed by atoms with E-state index in [0.29, 0.717) is 23.3 Å². The van der Waals surface area contributed by atoms with E-state index in [-0.39, 0.29) is 29.0 Å². The first-order valence-corrected chi connectivity index (χ1v) is 12.4. The number of nitrogens with zero attached hydrogens (tertiary/aromatic N) is 3. The second-order valence-electron chi connectivity index (χ2n) is 7.35. The molecule has 0 aliphatic carbocycles. The van der Waals surface area contributed by atoms with Crippen LogP contribution in [0.3, 0.4) is 0 Å². The molecule has 0 bridgehead atoms. The van der Waals surface area contributed by atoms with E-state index in [0.717, 1.165) is 12.8 Å². The Bertz CT molecular complexity index is 1310. The molecule has 0 radical (unpaired) electrons. The summed E-state index contributed by atoms with van der Waals surface area (Å²) in [6, 6.07) is 7.30. The van der Waals surface area contributed by atoms with Crippen LogP contribution in [0.25, 0.3) is 10.2 Å². The smallest absolute Gasteiger partial charge is 0.308 e. The molecular formula is C21H21N3O6S2. The summed E-state index contributed by atoms with van der Waals surface area (Å²) < 4.78 is 32.9. The van der Waals surface area contributed by atoms with E-state index < -0.39 is 28.4 Å². The molecule has 0 saturated carbocycles. The van der Waals surface area contributed by atoms with Crippen LogP contribution < -0.4 is 5.56 Å². The van der Waals surface area contributed by atoms with Gasteiger partial charge in [-0.3, -0.25) is 19.0 Å². The van der Waals surface area contributed by atoms with Crippen LogP contribution in [0, 0.1) is 0 Å². The molecule has 2 aromatic heterocycles. The molecule has 0 unspecified atom stereocenters. The SMILES string of the molecule is O=C(CCn1cnc2sccc2c1=O)OCC(=O)c1ccc(S(=O)(=O)N2CCCC2)cc1. The molecule has 1 saturated heterocycles. The molecule has 1 fully saturated rings. The molecule has 168 valence electrons. The highest BCUT2D eigenvalue weighted by atomic mass is 32.2. The first-order valence-electron chi connectivity index (χ1n) is 10.1. The normalized spacial score (nSPS) is 14.6. The topological polar surface area (TPSA) is 116 Å². The molecule has 1 aliphatic heterocycles. The summed E-state index contributed by atoms with van der Waals surface area (Å²) in [5.41, 5.74) is 0.0191. The number of ketones is 1. The van der Waals surface area contributed by atoms with Crippen LogP contribution in [-0.4, -0.2) is 53.7 Å². The average molecular weight is 476 g/mol. The number of benzene rings is 1. The van der Waals surface area contributed by atoms with Crippen LogP contribution in [0.1, 0.15) is 29.6 Å². The third-order valence-corrected chi connectivity index (χ3v) is 7.98. The molecule has 32 heavy (non-hydrogen) atoms. The van der Waals surface area contributed by atoms with Crippen LogP contribution in [0.2, 0.25) is 0 Å². The van der Waals surface area contributed by atoms with E-state index in [1.54, 1.807) is 11.4 Å². The molecule has 0 atom stereocenters. The van der Waals surface area contributed by atoms with Gasteiger partial charge in [0.05, 0.1) is 23.0 Å². The van der Waals surface area contributed by atoms with Gasteiger partial charge in [-0.1, -0.05) is 0 Å². The highest BCUT2D eigenvalue weighted by molar-refractivity contribution is 7.89. The maximum atomic E-state index is 12.5. The summed E-state index contributed by atoms with van der Waals surface area (Å²) in [6.45, 7) is 0.631. The Balaban J connectivity index is 1.30. The lowest BCUT2D eigenvalue weighted by Crippen LogP contribution is -2.27. The quantitative estimate of drug-likeness (QED) is 0.362. The lowest BCUT2D eigenvalue weighted by molar-refractivity contribution is -0.142. The lowest BCUT2D eigenvalue weighted by atomic mass is 10.1. The zero-order valence-electron chi connectivity index (χ0n) is 17.1. The molecule has 9 nitrogen and oxygen atoms in total. The fraction of sp³-hybridized carbons (Fsp3) is 0.333. The van der Waals surface area contributed by atoms with Crippen molar-refractivity contribution in [2.24, 2.45) is 0 Å². The first kappa shape index (κ1) is 22.3. The number of Topliss-reactive ketones (excluding diaryl/α,β-unsaturated/α-hetero) is 1. The van der Waals surface area contributed by atoms with Crippen LogP contribution in [-0.2, 0) is 26.1 Å². The van der Waals surface area contributed by atoms with Gasteiger partial charge in [0.1, 0.15) is 4.83 Å². The van der Waals surface area contributed by atoms with Crippen LogP contribution in [0.5, 0.6) is 0 Å². The maximum absolute atomic E-state index is 12.5. The van der Waals surface area contributed by atoms with E-state index in [4.69, 9.17) is 4.74 Å². The zero-order chi connectivity index (χ0) is 22.7. The number of fused-ring (bicyclic) bond motifs is 1. The Morgan fingerprint density at radius 2 is 1.81 bits per heavy atom. The highest BCUT2D eigenvalue weighted by Gasteiger charge is 2.27. The second kappa shape index (κ2) is 9.31. The number of carbonyl (C=O) groups is 2. The number of aryl methyl sites for hydroxylation is 1. The predicted octanol–water partition coefficient (Wildman–Crippen LogP) is 2.06. The minimum Gasteiger partial charge on any atom is -0.457 e. The van der Waals surface area contributed by atoms with E-state index in [1.165, 1.54) is 50.8 Å². The Morgan fingerprint density at radius 1 is 1.09 bits per heavy atom. The molecule has 1 aliphatic rings. The van der Waals surface area contributed by atoms with Gasteiger partial charge < -0.3 is 4.74 Å². The number of carbonyl (C=O) groups excluding carboxylic acids is 2. The number of thiophene rings is 1. The van der Waals surface area contributed by atoms with Gasteiger partial charge in [-0.25, -0.2) is 13.4 Å². The Morgan fingerprint density at radius 3 is 2.53 bits per heavy atom. The highest BCUT2D eigenvalue weighted by Crippen LogP contribution is 2.21. The van der Waals surface area contributed by atoms with Gasteiger partial charge in [-0.15, -0.1) is 11.3 Å². The standard InChI is InChI=1S/C21H21N3O6S2/c25-18(15-3-5-16(6-4-15)32(28,29)24-9-1-2-10-24)13-30-19(26)7-11-23-14-22-20-17(21(23)27)8-12-31-20/h3-6,8,12,14H,1-2,7,9-11,13H2. The number of rotatable bonds is 8. The van der Waals surface area contributed by atoms with Crippen LogP contribution in [0.15, 0.2) is 51.7 Å². The first-order chi connectivity index (χ1) is 15.4. The van der Waals surface area contributed by atoms with Crippen molar-refractivity contribution in [2.75, 3.05) is 19.7 Å². The Labute approximate surface area is 188 Å². The molecule has 1 aromatic carbocycles. The van der Waals surface area contributed by atoms with E-state index in [2.05, 4.69) is 4.98 Å². The maximum Gasteiger partial charge on any atom is 0.308 e. The van der Waals surface area contributed by atoms with E-state index in [9.17, 15) is 22.8 Å². The molecule has 3 heterocycles. The molecule has 3 aromatic rings. The third kappa shape index (κ3) is 4.64. The molecular weight excluding hydrogens is 454 g/mol. The molecule has 0 N–H and O–H groups in total. The van der Waals surface area contributed by atoms with Gasteiger partial charge >= 0.3 is 5.97 Å².